The molecule has 0 saturated carbocycles. The van der Waals surface area contributed by atoms with Crippen LogP contribution in [-0.4, -0.2) is 61.3 Å². The Hall–Kier alpha value is -4.00. The summed E-state index contributed by atoms with van der Waals surface area (Å²) >= 11 is 0. The van der Waals surface area contributed by atoms with E-state index >= 15 is 4.39 Å². The van der Waals surface area contributed by atoms with Crippen molar-refractivity contribution in [3.8, 4) is 16.9 Å². The molecule has 16 heteroatoms. The first kappa shape index (κ1) is 45.4. The van der Waals surface area contributed by atoms with Crippen molar-refractivity contribution >= 4 is 55.7 Å². The Kier molecular flexibility index (Phi) is 13.1. The summed E-state index contributed by atoms with van der Waals surface area (Å²) in [5.74, 6) is -2.74. The Labute approximate surface area is 326 Å². The zero-order chi connectivity index (χ0) is 42.3. The highest BCUT2D eigenvalue weighted by Gasteiger charge is 2.42. The molecule has 0 radical (unpaired) electrons. The highest BCUT2D eigenvalue weighted by Crippen LogP contribution is 2.45. The first-order valence-electron chi connectivity index (χ1n) is 17.8. The minimum atomic E-state index is -4.79. The lowest BCUT2D eigenvalue weighted by Gasteiger charge is -2.36. The number of hydrogen-bond donors (Lipinski definition) is 0. The first-order chi connectivity index (χ1) is 24.8. The molecule has 0 aliphatic heterocycles. The molecule has 304 valence electrons. The van der Waals surface area contributed by atoms with Crippen molar-refractivity contribution in [2.75, 3.05) is 12.0 Å². The van der Waals surface area contributed by atoms with Gasteiger partial charge in [-0.3, -0.25) is 0 Å². The van der Waals surface area contributed by atoms with Gasteiger partial charge >= 0.3 is 28.3 Å². The van der Waals surface area contributed by atoms with Crippen LogP contribution in [0.3, 0.4) is 0 Å². The van der Waals surface area contributed by atoms with E-state index in [1.807, 2.05) is 53.5 Å². The number of methoxy groups -OCH3 is 1. The number of furan rings is 1. The fourth-order valence-electron chi connectivity index (χ4n) is 4.86. The van der Waals surface area contributed by atoms with Crippen molar-refractivity contribution in [1.82, 2.24) is 0 Å². The van der Waals surface area contributed by atoms with Gasteiger partial charge in [-0.25, -0.2) is 18.8 Å². The number of carbonyl (C=O) groups is 3. The quantitative estimate of drug-likeness (QED) is 0.0833. The maximum Gasteiger partial charge on any atom is 0.424 e. The van der Waals surface area contributed by atoms with Crippen LogP contribution in [0.25, 0.3) is 11.1 Å². The number of halogens is 1. The van der Waals surface area contributed by atoms with E-state index in [1.165, 1.54) is 24.3 Å². The number of amides is 2. The second kappa shape index (κ2) is 15.9. The number of nitrogens with zero attached hydrogens (tertiary/aromatic N) is 1. The molecule has 55 heavy (non-hydrogen) atoms. The molecule has 0 unspecified atom stereocenters. The smallest absolute Gasteiger partial charge is 0.424 e. The molecule has 0 N–H and O–H groups in total. The van der Waals surface area contributed by atoms with E-state index in [9.17, 15) is 22.8 Å². The lowest BCUT2D eigenvalue weighted by atomic mass is 9.99. The monoisotopic (exact) mass is 821 g/mol. The van der Waals surface area contributed by atoms with Crippen molar-refractivity contribution in [2.24, 2.45) is 0 Å². The van der Waals surface area contributed by atoms with Crippen molar-refractivity contribution in [1.29, 1.82) is 0 Å². The van der Waals surface area contributed by atoms with Crippen molar-refractivity contribution in [2.45, 2.75) is 130 Å². The molecule has 3 aromatic rings. The van der Waals surface area contributed by atoms with Crippen LogP contribution >= 0.6 is 0 Å². The van der Waals surface area contributed by atoms with E-state index in [-0.39, 0.29) is 38.8 Å². The van der Waals surface area contributed by atoms with Crippen LogP contribution in [0.4, 0.5) is 19.7 Å². The fraction of sp³-hybridized carbons (Fsp3) is 0.513. The van der Waals surface area contributed by atoms with Gasteiger partial charge in [-0.1, -0.05) is 58.1 Å². The molecule has 1 aromatic heterocycles. The molecule has 12 nitrogen and oxygen atoms in total. The van der Waals surface area contributed by atoms with E-state index in [4.69, 9.17) is 27.2 Å². The second-order valence-electron chi connectivity index (χ2n) is 17.8. The van der Waals surface area contributed by atoms with Crippen molar-refractivity contribution < 1.29 is 54.4 Å². The number of esters is 1. The second-order valence-corrected chi connectivity index (χ2v) is 29.1. The number of carbonyl (C=O) groups excluding carboxylic acids is 3. The number of hydrogen-bond acceptors (Lipinski definition) is 11. The Bertz CT molecular complexity index is 2000. The van der Waals surface area contributed by atoms with E-state index in [0.717, 1.165) is 12.7 Å². The van der Waals surface area contributed by atoms with E-state index in [0.29, 0.717) is 4.90 Å². The third kappa shape index (κ3) is 10.9. The van der Waals surface area contributed by atoms with Gasteiger partial charge in [0.25, 0.3) is 0 Å². The van der Waals surface area contributed by atoms with E-state index < -0.39 is 78.7 Å². The van der Waals surface area contributed by atoms with Crippen LogP contribution < -0.4 is 14.5 Å². The number of aryl methyl sites for hydroxylation is 1. The number of imide groups is 1. The summed E-state index contributed by atoms with van der Waals surface area (Å²) in [5, 5.41) is -0.167. The van der Waals surface area contributed by atoms with Gasteiger partial charge in [0, 0.05) is 5.56 Å². The number of benzene rings is 2. The molecule has 0 saturated heterocycles. The highest BCUT2D eigenvalue weighted by atomic mass is 32.2. The minimum Gasteiger partial charge on any atom is -0.465 e. The van der Waals surface area contributed by atoms with Gasteiger partial charge in [-0.05, 0) is 90.9 Å². The lowest BCUT2D eigenvalue weighted by Crippen LogP contribution is -2.44. The maximum atomic E-state index is 17.0. The van der Waals surface area contributed by atoms with Gasteiger partial charge in [0.15, 0.2) is 19.9 Å². The Morgan fingerprint density at radius 2 is 1.33 bits per heavy atom. The summed E-state index contributed by atoms with van der Waals surface area (Å²) in [6.07, 6.45) is -2.52. The predicted molar refractivity (Wildman–Crippen MR) is 214 cm³/mol. The molecule has 3 rings (SSSR count). The molecule has 0 aliphatic carbocycles. The van der Waals surface area contributed by atoms with Crippen LogP contribution in [0, 0.1) is 12.7 Å². The third-order valence-corrected chi connectivity index (χ3v) is 16.1. The van der Waals surface area contributed by atoms with Gasteiger partial charge in [-0.15, -0.1) is 0 Å². The molecule has 2 amide bonds. The van der Waals surface area contributed by atoms with Crippen LogP contribution in [0.5, 0.6) is 5.75 Å². The fourth-order valence-corrected chi connectivity index (χ4v) is 7.96. The first-order valence-corrected chi connectivity index (χ1v) is 25.6. The van der Waals surface area contributed by atoms with Crippen molar-refractivity contribution in [3.05, 3.63) is 59.1 Å². The minimum absolute atomic E-state index is 0.0250. The summed E-state index contributed by atoms with van der Waals surface area (Å²) in [7, 11) is -8.82. The molecular weight excluding hydrogens is 766 g/mol. The summed E-state index contributed by atoms with van der Waals surface area (Å²) in [4.78, 5) is 41.8. The number of rotatable bonds is 10. The van der Waals surface area contributed by atoms with Crippen LogP contribution in [0.2, 0.25) is 37.8 Å². The molecule has 0 spiro atoms. The Morgan fingerprint density at radius 3 is 1.76 bits per heavy atom. The average molecular weight is 822 g/mol. The van der Waals surface area contributed by atoms with Gasteiger partial charge in [0.05, 0.1) is 25.0 Å². The van der Waals surface area contributed by atoms with Gasteiger partial charge in [0.1, 0.15) is 40.9 Å². The van der Waals surface area contributed by atoms with Gasteiger partial charge < -0.3 is 27.2 Å². The average Bonchev–Trinajstić information content (AvgIpc) is 3.34. The lowest BCUT2D eigenvalue weighted by molar-refractivity contribution is 0.0430. The number of ether oxygens (including phenoxy) is 3. The largest absolute Gasteiger partial charge is 0.465 e. The molecule has 1 heterocycles. The zero-order valence-electron chi connectivity index (χ0n) is 34.9. The molecule has 2 aromatic carbocycles. The SMILES string of the molecule is COC(=O)c1c(N(C(=O)OC(C)(C)C)C(=O)OC(C)(C)C)ccc(-c2c(CO[Si](C)(C)C(C)(C)C)oc([Si](C)(C)C)c2F)c1OS(=O)(=O)c1ccc(C)cc1. The molecule has 0 bridgehead atoms. The molecule has 0 atom stereocenters. The summed E-state index contributed by atoms with van der Waals surface area (Å²) < 4.78 is 80.0. The standard InChI is InChI=1S/C39H56FNO11SSi2/c1-24-17-19-25(20-18-24)53(45,46)52-32-26(29-28(23-48-55(15,16)39(8,9)10)49-34(31(29)40)54(12,13)14)21-22-27(30(32)33(42)47-11)41(35(43)50-37(2,3)4)36(44)51-38(5,6)7/h17-22H,23H2,1-16H3. The number of anilines is 1. The van der Waals surface area contributed by atoms with Crippen LogP contribution in [-0.2, 0) is 35.4 Å². The predicted octanol–water partition coefficient (Wildman–Crippen LogP) is 9.69. The van der Waals surface area contributed by atoms with Crippen LogP contribution in [0.1, 0.15) is 84.0 Å². The Balaban J connectivity index is 2.58. The molecule has 0 aliphatic rings. The summed E-state index contributed by atoms with van der Waals surface area (Å²) in [6.45, 7) is 26.7. The Morgan fingerprint density at radius 1 is 0.818 bits per heavy atom. The third-order valence-electron chi connectivity index (χ3n) is 8.66. The van der Waals surface area contributed by atoms with Crippen LogP contribution in [0.15, 0.2) is 45.7 Å². The zero-order valence-corrected chi connectivity index (χ0v) is 37.7. The summed E-state index contributed by atoms with van der Waals surface area (Å²) in [5.41, 5.74) is -3.20. The van der Waals surface area contributed by atoms with Gasteiger partial charge in [0.2, 0.25) is 0 Å². The van der Waals surface area contributed by atoms with Crippen molar-refractivity contribution in [3.63, 3.8) is 0 Å². The maximum absolute atomic E-state index is 17.0. The van der Waals surface area contributed by atoms with E-state index in [1.54, 1.807) is 60.6 Å². The highest BCUT2D eigenvalue weighted by molar-refractivity contribution is 7.87. The molecule has 0 fully saturated rings. The summed E-state index contributed by atoms with van der Waals surface area (Å²) in [6, 6.07) is 8.11. The normalized spacial score (nSPS) is 13.0. The van der Waals surface area contributed by atoms with E-state index in [2.05, 4.69) is 0 Å². The van der Waals surface area contributed by atoms with Gasteiger partial charge in [-0.2, -0.15) is 13.3 Å². The topological polar surface area (TPSA) is 148 Å². The molecular formula is C39H56FNO11SSi2.